The second-order valence-electron chi connectivity index (χ2n) is 12.5. The molecule has 17 heteroatoms. The van der Waals surface area contributed by atoms with Gasteiger partial charge in [0.05, 0.1) is 26.4 Å². The molecule has 0 aromatic heterocycles. The quantitative estimate of drug-likeness (QED) is 0.0322. The van der Waals surface area contributed by atoms with Crippen LogP contribution in [0.15, 0.2) is 24.3 Å². The molecule has 0 heterocycles. The Morgan fingerprint density at radius 2 is 0.843 bits per heavy atom. The average molecular weight is 803 g/mol. The summed E-state index contributed by atoms with van der Waals surface area (Å²) in [7, 11) is -13.2. The first-order valence-corrected chi connectivity index (χ1v) is 22.4. The Hall–Kier alpha value is 0.910. The molecule has 0 atom stereocenters. The van der Waals surface area contributed by atoms with Crippen LogP contribution in [0.4, 0.5) is 0 Å². The smallest absolute Gasteiger partial charge is 0.726 e. The molecule has 0 aliphatic rings. The zero-order valence-corrected chi connectivity index (χ0v) is 38.1. The Labute approximate surface area is 353 Å². The van der Waals surface area contributed by atoms with E-state index >= 15 is 0 Å². The third-order valence-electron chi connectivity index (χ3n) is 7.99. The van der Waals surface area contributed by atoms with Crippen molar-refractivity contribution in [3.63, 3.8) is 0 Å². The number of rotatable bonds is 35. The molecule has 1 aromatic rings. The molecule has 51 heavy (non-hydrogen) atoms. The van der Waals surface area contributed by atoms with Crippen molar-refractivity contribution in [2.75, 3.05) is 26.4 Å². The maximum atomic E-state index is 13.6. The Morgan fingerprint density at radius 3 is 1.22 bits per heavy atom. The zero-order chi connectivity index (χ0) is 36.1. The van der Waals surface area contributed by atoms with E-state index < -0.39 is 28.6 Å². The first kappa shape index (κ1) is 54.0. The van der Waals surface area contributed by atoms with Crippen molar-refractivity contribution in [1.82, 2.24) is 0 Å². The topological polar surface area (TPSA) is 178 Å². The number of hydrogen-bond donors (Lipinski definition) is 0. The normalized spacial score (nSPS) is 12.0. The zero-order valence-electron chi connectivity index (χ0n) is 31.6. The van der Waals surface area contributed by atoms with E-state index in [1.165, 1.54) is 63.4 Å². The summed E-state index contributed by atoms with van der Waals surface area (Å²) < 4.78 is 102. The van der Waals surface area contributed by atoms with Gasteiger partial charge in [0.15, 0.2) is 0 Å². The van der Waals surface area contributed by atoms with Gasteiger partial charge in [-0.3, -0.25) is 17.4 Å². The Morgan fingerprint density at radius 1 is 0.510 bits per heavy atom. The summed E-state index contributed by atoms with van der Waals surface area (Å²) in [5.41, 5.74) is 1.20. The predicted octanol–water partition coefficient (Wildman–Crippen LogP) is 3.31. The second-order valence-corrected chi connectivity index (χ2v) is 16.2. The first-order valence-electron chi connectivity index (χ1n) is 18.3. The summed E-state index contributed by atoms with van der Waals surface area (Å²) >= 11 is 0. The molecule has 0 amide bonds. The van der Waals surface area contributed by atoms with Crippen molar-refractivity contribution in [3.8, 4) is 5.75 Å². The molecule has 0 aliphatic heterocycles. The molecular weight excluding hydrogens is 741 g/mol. The van der Waals surface area contributed by atoms with E-state index in [9.17, 15) is 30.5 Å². The summed E-state index contributed by atoms with van der Waals surface area (Å²) in [5.74, 6) is 0.416. The molecule has 0 saturated heterocycles. The summed E-state index contributed by atoms with van der Waals surface area (Å²) in [6.07, 6.45) is 22.6. The van der Waals surface area contributed by atoms with Crippen LogP contribution in [0, 0.1) is 0 Å². The van der Waals surface area contributed by atoms with Crippen molar-refractivity contribution in [1.29, 1.82) is 0 Å². The monoisotopic (exact) mass is 802 g/mol. The maximum absolute atomic E-state index is 13.6. The number of unbranched alkanes of at least 4 members (excludes halogenated alkanes) is 19. The summed E-state index contributed by atoms with van der Waals surface area (Å²) in [6, 6.07) is 7.58. The van der Waals surface area contributed by atoms with Crippen LogP contribution in [0.2, 0.25) is 0 Å². The van der Waals surface area contributed by atoms with Gasteiger partial charge in [0.25, 0.3) is 0 Å². The third kappa shape index (κ3) is 36.3. The van der Waals surface area contributed by atoms with Gasteiger partial charge in [-0.2, -0.15) is 0 Å². The van der Waals surface area contributed by atoms with Gasteiger partial charge in [-0.1, -0.05) is 128 Å². The van der Waals surface area contributed by atoms with E-state index in [0.717, 1.165) is 64.2 Å². The minimum atomic E-state index is -4.65. The van der Waals surface area contributed by atoms with E-state index in [-0.39, 0.29) is 85.5 Å². The van der Waals surface area contributed by atoms with Crippen molar-refractivity contribution in [2.24, 2.45) is 0 Å². The molecule has 288 valence electrons. The van der Waals surface area contributed by atoms with Gasteiger partial charge in [-0.25, -0.2) is 21.4 Å². The van der Waals surface area contributed by atoms with Crippen LogP contribution in [0.1, 0.15) is 154 Å². The molecule has 0 aliphatic carbocycles. The van der Waals surface area contributed by atoms with Crippen LogP contribution in [0.5, 0.6) is 5.75 Å². The fourth-order valence-electron chi connectivity index (χ4n) is 5.25. The molecule has 0 fully saturated rings. The molecule has 0 radical (unpaired) electrons. The molecule has 0 unspecified atom stereocenters. The van der Waals surface area contributed by atoms with E-state index in [1.54, 1.807) is 12.1 Å². The van der Waals surface area contributed by atoms with Gasteiger partial charge in [0.2, 0.25) is 20.8 Å². The molecule has 12 nitrogen and oxygen atoms in total. The number of phosphoric acid groups is 1. The molecule has 0 N–H and O–H groups in total. The Bertz CT molecular complexity index is 1150. The largest absolute Gasteiger partial charge is 1.00 e. The first-order chi connectivity index (χ1) is 23.4. The molecule has 0 bridgehead atoms. The van der Waals surface area contributed by atoms with Crippen LogP contribution >= 0.6 is 7.82 Å². The fourth-order valence-corrected chi connectivity index (χ4v) is 7.16. The van der Waals surface area contributed by atoms with E-state index in [4.69, 9.17) is 13.6 Å². The standard InChI is InChI=1S/C34H63O12PS2.2Na/c1-2-3-4-5-6-7-8-9-14-19-24-33-25-27-34(28-26-33)46-47(35,42-29-20-15-10-12-17-22-31-44-48(36,37)38)43-30-21-16-11-13-18-23-32-45-49(39,40)41;;/h25-28H,2-24,29-32H2,1H3,(H,36,37,38)(H,39,40,41);;/q;2*+1/p-2. The Balaban J connectivity index is 0. The van der Waals surface area contributed by atoms with Crippen molar-refractivity contribution in [3.05, 3.63) is 29.8 Å². The minimum absolute atomic E-state index is 0. The van der Waals surface area contributed by atoms with Gasteiger partial charge in [-0.05, 0) is 56.2 Å². The summed E-state index contributed by atoms with van der Waals surface area (Å²) in [6.45, 7) is 2.39. The Kier molecular flexibility index (Phi) is 36.2. The van der Waals surface area contributed by atoms with Gasteiger partial charge in [0.1, 0.15) is 5.75 Å². The van der Waals surface area contributed by atoms with E-state index in [1.807, 2.05) is 12.1 Å². The molecule has 0 spiro atoms. The number of benzene rings is 1. The average Bonchev–Trinajstić information content (AvgIpc) is 3.03. The molecule has 0 saturated carbocycles. The fraction of sp³-hybridized carbons (Fsp3) is 0.824. The summed E-state index contributed by atoms with van der Waals surface area (Å²) in [5, 5.41) is 0. The van der Waals surface area contributed by atoms with Crippen LogP contribution < -0.4 is 63.6 Å². The SMILES string of the molecule is CCCCCCCCCCCCc1ccc(OP(=O)(OCCCCCCCCOS(=O)(=O)[O-])OCCCCCCCCOS(=O)(=O)[O-])cc1.[Na+].[Na+]. The van der Waals surface area contributed by atoms with E-state index in [0.29, 0.717) is 31.4 Å². The van der Waals surface area contributed by atoms with Gasteiger partial charge < -0.3 is 13.6 Å². The number of aryl methyl sites for hydroxylation is 1. The predicted molar refractivity (Wildman–Crippen MR) is 189 cm³/mol. The van der Waals surface area contributed by atoms with Gasteiger partial charge in [-0.15, -0.1) is 0 Å². The van der Waals surface area contributed by atoms with Crippen LogP contribution in [-0.2, 0) is 49.2 Å². The molecular formula is C34H61Na2O12PS2. The van der Waals surface area contributed by atoms with Gasteiger partial charge >= 0.3 is 66.9 Å². The van der Waals surface area contributed by atoms with Crippen molar-refractivity contribution >= 4 is 28.6 Å². The minimum Gasteiger partial charge on any atom is -0.726 e. The van der Waals surface area contributed by atoms with Gasteiger partial charge in [0, 0.05) is 0 Å². The molecule has 1 rings (SSSR count). The number of phosphoric ester groups is 1. The van der Waals surface area contributed by atoms with Crippen LogP contribution in [0.25, 0.3) is 0 Å². The third-order valence-corrected chi connectivity index (χ3v) is 10.3. The summed E-state index contributed by atoms with van der Waals surface area (Å²) in [4.78, 5) is 0. The maximum Gasteiger partial charge on any atom is 1.00 e. The van der Waals surface area contributed by atoms with Crippen LogP contribution in [-0.4, -0.2) is 52.4 Å². The van der Waals surface area contributed by atoms with E-state index in [2.05, 4.69) is 15.3 Å². The number of hydrogen-bond acceptors (Lipinski definition) is 12. The van der Waals surface area contributed by atoms with Crippen LogP contribution in [0.3, 0.4) is 0 Å². The van der Waals surface area contributed by atoms with Crippen molar-refractivity contribution in [2.45, 2.75) is 155 Å². The molecule has 1 aromatic carbocycles. The van der Waals surface area contributed by atoms with Crippen molar-refractivity contribution < 1.29 is 112 Å². The second kappa shape index (κ2) is 34.2.